The van der Waals surface area contributed by atoms with Gasteiger partial charge in [-0.3, -0.25) is 0 Å². The lowest BCUT2D eigenvalue weighted by atomic mass is 10.2. The number of oxime groups is 1. The zero-order chi connectivity index (χ0) is 13.0. The maximum atomic E-state index is 9.30. The van der Waals surface area contributed by atoms with Crippen LogP contribution in [0, 0.1) is 0 Å². The Morgan fingerprint density at radius 3 is 2.71 bits per heavy atom. The van der Waals surface area contributed by atoms with Crippen molar-refractivity contribution in [2.45, 2.75) is 13.0 Å². The van der Waals surface area contributed by atoms with Gasteiger partial charge in [0.2, 0.25) is 0 Å². The summed E-state index contributed by atoms with van der Waals surface area (Å²) in [4.78, 5) is 1.84. The molecule has 1 aromatic carbocycles. The lowest BCUT2D eigenvalue weighted by Gasteiger charge is -2.22. The van der Waals surface area contributed by atoms with E-state index in [2.05, 4.69) is 5.16 Å². The van der Waals surface area contributed by atoms with Crippen molar-refractivity contribution in [1.29, 1.82) is 0 Å². The van der Waals surface area contributed by atoms with Crippen LogP contribution in [0.3, 0.4) is 0 Å². The normalized spacial score (nSPS) is 13.5. The number of rotatable bonds is 4. The van der Waals surface area contributed by atoms with E-state index in [-0.39, 0.29) is 5.84 Å². The maximum Gasteiger partial charge on any atom is 0.170 e. The molecule has 0 amide bonds. The first-order valence-corrected chi connectivity index (χ1v) is 5.50. The van der Waals surface area contributed by atoms with Gasteiger partial charge in [-0.1, -0.05) is 16.8 Å². The molecule has 0 aliphatic heterocycles. The predicted octanol–water partition coefficient (Wildman–Crippen LogP) is 1.25. The Morgan fingerprint density at radius 2 is 2.24 bits per heavy atom. The van der Waals surface area contributed by atoms with Gasteiger partial charge in [0.25, 0.3) is 0 Å². The van der Waals surface area contributed by atoms with Crippen molar-refractivity contribution in [2.75, 3.05) is 18.5 Å². The van der Waals surface area contributed by atoms with E-state index in [4.69, 9.17) is 22.5 Å². The van der Waals surface area contributed by atoms with Crippen molar-refractivity contribution in [3.63, 3.8) is 0 Å². The number of benzene rings is 1. The molecule has 0 aliphatic carbocycles. The zero-order valence-electron chi connectivity index (χ0n) is 9.76. The van der Waals surface area contributed by atoms with Crippen LogP contribution in [0.1, 0.15) is 12.5 Å². The van der Waals surface area contributed by atoms with Crippen LogP contribution >= 0.6 is 11.6 Å². The minimum Gasteiger partial charge on any atom is -0.409 e. The van der Waals surface area contributed by atoms with E-state index in [0.29, 0.717) is 17.1 Å². The molecule has 1 rings (SSSR count). The molecule has 0 aromatic heterocycles. The summed E-state index contributed by atoms with van der Waals surface area (Å²) in [5, 5.41) is 21.2. The summed E-state index contributed by atoms with van der Waals surface area (Å²) in [5.74, 6) is 0.0108. The third-order valence-corrected chi connectivity index (χ3v) is 2.60. The molecule has 1 aromatic rings. The number of likely N-dealkylation sites (N-methyl/N-ethyl adjacent to an activating group) is 1. The largest absolute Gasteiger partial charge is 0.409 e. The Labute approximate surface area is 105 Å². The van der Waals surface area contributed by atoms with Crippen molar-refractivity contribution in [3.05, 3.63) is 28.8 Å². The molecular weight excluding hydrogens is 242 g/mol. The molecule has 17 heavy (non-hydrogen) atoms. The summed E-state index contributed by atoms with van der Waals surface area (Å²) in [6.07, 6.45) is -0.445. The van der Waals surface area contributed by atoms with Gasteiger partial charge in [-0.05, 0) is 25.1 Å². The highest BCUT2D eigenvalue weighted by Crippen LogP contribution is 2.26. The fourth-order valence-electron chi connectivity index (χ4n) is 1.53. The van der Waals surface area contributed by atoms with E-state index < -0.39 is 6.10 Å². The highest BCUT2D eigenvalue weighted by atomic mass is 35.5. The topological polar surface area (TPSA) is 82.1 Å². The van der Waals surface area contributed by atoms with Crippen LogP contribution in [0.15, 0.2) is 23.4 Å². The van der Waals surface area contributed by atoms with Crippen molar-refractivity contribution in [2.24, 2.45) is 10.9 Å². The van der Waals surface area contributed by atoms with Gasteiger partial charge in [0, 0.05) is 19.2 Å². The first-order chi connectivity index (χ1) is 7.95. The van der Waals surface area contributed by atoms with Crippen LogP contribution < -0.4 is 10.6 Å². The second kappa shape index (κ2) is 5.75. The average Bonchev–Trinajstić information content (AvgIpc) is 2.26. The quantitative estimate of drug-likeness (QED) is 0.328. The Hall–Kier alpha value is -1.46. The Kier molecular flexibility index (Phi) is 4.60. The number of nitrogens with zero attached hydrogens (tertiary/aromatic N) is 2. The number of aliphatic hydroxyl groups is 1. The first kappa shape index (κ1) is 13.6. The van der Waals surface area contributed by atoms with Crippen LogP contribution in [-0.2, 0) is 0 Å². The lowest BCUT2D eigenvalue weighted by Crippen LogP contribution is -2.27. The van der Waals surface area contributed by atoms with Crippen LogP contribution in [-0.4, -0.2) is 35.8 Å². The first-order valence-electron chi connectivity index (χ1n) is 5.12. The van der Waals surface area contributed by atoms with Gasteiger partial charge in [-0.25, -0.2) is 0 Å². The number of amidine groups is 1. The fourth-order valence-corrected chi connectivity index (χ4v) is 1.85. The molecule has 94 valence electrons. The summed E-state index contributed by atoms with van der Waals surface area (Å²) in [7, 11) is 1.83. The Morgan fingerprint density at radius 1 is 1.59 bits per heavy atom. The Bertz CT molecular complexity index is 421. The average molecular weight is 258 g/mol. The standard InChI is InChI=1S/C11H16ClN3O2/c1-7(16)6-15(2)10-4-3-8(5-9(10)12)11(13)14-17/h3-5,7,16-17H,6H2,1-2H3,(H2,13,14). The summed E-state index contributed by atoms with van der Waals surface area (Å²) < 4.78 is 0. The van der Waals surface area contributed by atoms with Crippen molar-refractivity contribution < 1.29 is 10.3 Å². The maximum absolute atomic E-state index is 9.30. The fraction of sp³-hybridized carbons (Fsp3) is 0.364. The van der Waals surface area contributed by atoms with Gasteiger partial charge in [-0.2, -0.15) is 0 Å². The van der Waals surface area contributed by atoms with E-state index in [1.807, 2.05) is 11.9 Å². The molecule has 0 fully saturated rings. The number of hydrogen-bond acceptors (Lipinski definition) is 4. The molecule has 0 aliphatic rings. The zero-order valence-corrected chi connectivity index (χ0v) is 10.5. The molecule has 0 spiro atoms. The third-order valence-electron chi connectivity index (χ3n) is 2.30. The summed E-state index contributed by atoms with van der Waals surface area (Å²) in [6, 6.07) is 5.08. The molecule has 0 saturated carbocycles. The van der Waals surface area contributed by atoms with E-state index in [9.17, 15) is 5.11 Å². The SMILES string of the molecule is CC(O)CN(C)c1ccc(C(N)=NO)cc1Cl. The van der Waals surface area contributed by atoms with Crippen molar-refractivity contribution in [3.8, 4) is 0 Å². The van der Waals surface area contributed by atoms with Crippen molar-refractivity contribution in [1.82, 2.24) is 0 Å². The van der Waals surface area contributed by atoms with E-state index in [1.165, 1.54) is 0 Å². The second-order valence-corrected chi connectivity index (χ2v) is 4.29. The van der Waals surface area contributed by atoms with E-state index in [0.717, 1.165) is 5.69 Å². The monoisotopic (exact) mass is 257 g/mol. The van der Waals surface area contributed by atoms with Crippen LogP contribution in [0.2, 0.25) is 5.02 Å². The third kappa shape index (κ3) is 3.51. The van der Waals surface area contributed by atoms with Gasteiger partial charge in [0.05, 0.1) is 16.8 Å². The molecule has 0 heterocycles. The van der Waals surface area contributed by atoms with Gasteiger partial charge < -0.3 is 20.9 Å². The molecular formula is C11H16ClN3O2. The molecule has 1 unspecified atom stereocenters. The highest BCUT2D eigenvalue weighted by molar-refractivity contribution is 6.33. The highest BCUT2D eigenvalue weighted by Gasteiger charge is 2.10. The van der Waals surface area contributed by atoms with Gasteiger partial charge >= 0.3 is 0 Å². The van der Waals surface area contributed by atoms with Gasteiger partial charge in [0.15, 0.2) is 5.84 Å². The minimum absolute atomic E-state index is 0.0108. The Balaban J connectivity index is 2.97. The van der Waals surface area contributed by atoms with E-state index >= 15 is 0 Å². The van der Waals surface area contributed by atoms with Crippen LogP contribution in [0.5, 0.6) is 0 Å². The second-order valence-electron chi connectivity index (χ2n) is 3.88. The van der Waals surface area contributed by atoms with Gasteiger partial charge in [-0.15, -0.1) is 0 Å². The molecule has 4 N–H and O–H groups in total. The summed E-state index contributed by atoms with van der Waals surface area (Å²) in [6.45, 7) is 2.18. The number of anilines is 1. The molecule has 0 saturated heterocycles. The number of nitrogens with two attached hydrogens (primary N) is 1. The molecule has 6 heteroatoms. The molecule has 1 atom stereocenters. The summed E-state index contributed by atoms with van der Waals surface area (Å²) >= 11 is 6.09. The molecule has 0 bridgehead atoms. The van der Waals surface area contributed by atoms with Crippen LogP contribution in [0.4, 0.5) is 5.69 Å². The molecule has 0 radical (unpaired) electrons. The number of aliphatic hydroxyl groups excluding tert-OH is 1. The lowest BCUT2D eigenvalue weighted by molar-refractivity contribution is 0.201. The predicted molar refractivity (Wildman–Crippen MR) is 68.9 cm³/mol. The smallest absolute Gasteiger partial charge is 0.170 e. The van der Waals surface area contributed by atoms with E-state index in [1.54, 1.807) is 25.1 Å². The van der Waals surface area contributed by atoms with Crippen LogP contribution in [0.25, 0.3) is 0 Å². The number of halogens is 1. The molecule has 5 nitrogen and oxygen atoms in total. The number of hydrogen-bond donors (Lipinski definition) is 3. The minimum atomic E-state index is -0.445. The van der Waals surface area contributed by atoms with Crippen molar-refractivity contribution >= 4 is 23.1 Å². The summed E-state index contributed by atoms with van der Waals surface area (Å²) in [5.41, 5.74) is 6.79. The van der Waals surface area contributed by atoms with Gasteiger partial charge in [0.1, 0.15) is 0 Å².